The van der Waals surface area contributed by atoms with Gasteiger partial charge in [-0.05, 0) is 12.5 Å². The summed E-state index contributed by atoms with van der Waals surface area (Å²) in [6.07, 6.45) is 0.309. The molecule has 1 aromatic rings. The summed E-state index contributed by atoms with van der Waals surface area (Å²) < 4.78 is 10.2. The highest BCUT2D eigenvalue weighted by molar-refractivity contribution is 7.16. The van der Waals surface area contributed by atoms with Crippen LogP contribution in [-0.2, 0) is 9.47 Å². The van der Waals surface area contributed by atoms with Crippen LogP contribution in [0.5, 0.6) is 0 Å². The molecule has 0 aliphatic carbocycles. The van der Waals surface area contributed by atoms with Crippen LogP contribution in [0.3, 0.4) is 0 Å². The number of aldehydes is 1. The Kier molecular flexibility index (Phi) is 3.62. The Bertz CT molecular complexity index is 331. The standard InChI is InChI=1S/C9H13NO3S/c1-5-6(4-11)8(10)14-7(5)9(12-2)13-3/h4,9H,10H2,1-3H3. The zero-order valence-corrected chi connectivity index (χ0v) is 9.18. The van der Waals surface area contributed by atoms with Crippen LogP contribution in [0.1, 0.15) is 27.1 Å². The lowest BCUT2D eigenvalue weighted by atomic mass is 10.2. The maximum Gasteiger partial charge on any atom is 0.192 e. The monoisotopic (exact) mass is 215 g/mol. The smallest absolute Gasteiger partial charge is 0.192 e. The number of nitrogen functional groups attached to an aromatic ring is 1. The second-order valence-corrected chi connectivity index (χ2v) is 3.87. The molecule has 0 aliphatic rings. The van der Waals surface area contributed by atoms with Crippen molar-refractivity contribution < 1.29 is 14.3 Å². The van der Waals surface area contributed by atoms with Gasteiger partial charge < -0.3 is 15.2 Å². The van der Waals surface area contributed by atoms with Crippen molar-refractivity contribution in [1.29, 1.82) is 0 Å². The van der Waals surface area contributed by atoms with Gasteiger partial charge in [-0.25, -0.2) is 0 Å². The predicted octanol–water partition coefficient (Wildman–Crippen LogP) is 1.74. The number of hydrogen-bond donors (Lipinski definition) is 1. The molecule has 0 amide bonds. The fourth-order valence-corrected chi connectivity index (χ4v) is 2.35. The molecule has 0 bridgehead atoms. The van der Waals surface area contributed by atoms with Crippen LogP contribution >= 0.6 is 11.3 Å². The van der Waals surface area contributed by atoms with E-state index in [1.54, 1.807) is 14.2 Å². The van der Waals surface area contributed by atoms with Gasteiger partial charge in [0.1, 0.15) is 0 Å². The van der Waals surface area contributed by atoms with Crippen molar-refractivity contribution in [3.8, 4) is 0 Å². The van der Waals surface area contributed by atoms with E-state index in [4.69, 9.17) is 15.2 Å². The topological polar surface area (TPSA) is 61.6 Å². The molecule has 0 aliphatic heterocycles. The van der Waals surface area contributed by atoms with E-state index in [2.05, 4.69) is 0 Å². The number of carbonyl (C=O) groups is 1. The molecule has 0 fully saturated rings. The van der Waals surface area contributed by atoms with Crippen molar-refractivity contribution in [3.63, 3.8) is 0 Å². The first kappa shape index (κ1) is 11.2. The first-order valence-corrected chi connectivity index (χ1v) is 4.86. The van der Waals surface area contributed by atoms with E-state index in [-0.39, 0.29) is 0 Å². The molecule has 0 radical (unpaired) electrons. The molecule has 0 saturated carbocycles. The SMILES string of the molecule is COC(OC)c1sc(N)c(C=O)c1C. The molecule has 0 saturated heterocycles. The molecule has 14 heavy (non-hydrogen) atoms. The molecule has 5 heteroatoms. The van der Waals surface area contributed by atoms with E-state index in [1.807, 2.05) is 6.92 Å². The Hall–Kier alpha value is -0.910. The normalized spacial score (nSPS) is 10.9. The van der Waals surface area contributed by atoms with Gasteiger partial charge >= 0.3 is 0 Å². The Balaban J connectivity index is 3.15. The van der Waals surface area contributed by atoms with Crippen LogP contribution in [0.2, 0.25) is 0 Å². The number of methoxy groups -OCH3 is 2. The Labute approximate surface area is 86.6 Å². The molecular weight excluding hydrogens is 202 g/mol. The number of carbonyl (C=O) groups excluding carboxylic acids is 1. The van der Waals surface area contributed by atoms with Gasteiger partial charge in [0, 0.05) is 14.2 Å². The van der Waals surface area contributed by atoms with Gasteiger partial charge in [0.15, 0.2) is 12.6 Å². The van der Waals surface area contributed by atoms with Gasteiger partial charge in [-0.1, -0.05) is 0 Å². The molecule has 0 spiro atoms. The van der Waals surface area contributed by atoms with Crippen molar-refractivity contribution >= 4 is 22.6 Å². The summed E-state index contributed by atoms with van der Waals surface area (Å²) in [5, 5.41) is 0.506. The van der Waals surface area contributed by atoms with E-state index in [9.17, 15) is 4.79 Å². The molecule has 4 nitrogen and oxygen atoms in total. The van der Waals surface area contributed by atoms with E-state index < -0.39 is 6.29 Å². The van der Waals surface area contributed by atoms with Crippen LogP contribution in [-0.4, -0.2) is 20.5 Å². The molecule has 1 rings (SSSR count). The first-order valence-electron chi connectivity index (χ1n) is 4.05. The third-order valence-corrected chi connectivity index (χ3v) is 3.18. The number of hydrogen-bond acceptors (Lipinski definition) is 5. The molecule has 1 aromatic heterocycles. The van der Waals surface area contributed by atoms with Gasteiger partial charge in [-0.3, -0.25) is 4.79 Å². The van der Waals surface area contributed by atoms with Crippen LogP contribution in [0.25, 0.3) is 0 Å². The highest BCUT2D eigenvalue weighted by Crippen LogP contribution is 2.35. The number of anilines is 1. The lowest BCUT2D eigenvalue weighted by Crippen LogP contribution is -2.03. The zero-order valence-electron chi connectivity index (χ0n) is 8.37. The summed E-state index contributed by atoms with van der Waals surface area (Å²) in [4.78, 5) is 11.5. The van der Waals surface area contributed by atoms with Crippen molar-refractivity contribution in [1.82, 2.24) is 0 Å². The van der Waals surface area contributed by atoms with E-state index >= 15 is 0 Å². The summed E-state index contributed by atoms with van der Waals surface area (Å²) in [6, 6.07) is 0. The fraction of sp³-hybridized carbons (Fsp3) is 0.444. The van der Waals surface area contributed by atoms with Crippen molar-refractivity contribution in [2.24, 2.45) is 0 Å². The Morgan fingerprint density at radius 1 is 1.43 bits per heavy atom. The van der Waals surface area contributed by atoms with Crippen molar-refractivity contribution in [3.05, 3.63) is 16.0 Å². The number of thiophene rings is 1. The van der Waals surface area contributed by atoms with Crippen LogP contribution in [0.4, 0.5) is 5.00 Å². The molecular formula is C9H13NO3S. The molecule has 1 heterocycles. The van der Waals surface area contributed by atoms with E-state index in [0.29, 0.717) is 10.6 Å². The average molecular weight is 215 g/mol. The highest BCUT2D eigenvalue weighted by atomic mass is 32.1. The van der Waals surface area contributed by atoms with E-state index in [1.165, 1.54) is 11.3 Å². The second-order valence-electron chi connectivity index (χ2n) is 2.79. The third kappa shape index (κ3) is 1.79. The first-order chi connectivity index (χ1) is 6.65. The fourth-order valence-electron chi connectivity index (χ4n) is 1.25. The van der Waals surface area contributed by atoms with Gasteiger partial charge in [-0.15, -0.1) is 11.3 Å². The lowest BCUT2D eigenvalue weighted by molar-refractivity contribution is -0.103. The summed E-state index contributed by atoms with van der Waals surface area (Å²) >= 11 is 1.32. The molecule has 0 aromatic carbocycles. The van der Waals surface area contributed by atoms with Gasteiger partial charge in [0.2, 0.25) is 0 Å². The minimum Gasteiger partial charge on any atom is -0.390 e. The molecule has 2 N–H and O–H groups in total. The summed E-state index contributed by atoms with van der Waals surface area (Å²) in [5.74, 6) is 0. The van der Waals surface area contributed by atoms with Crippen molar-refractivity contribution in [2.75, 3.05) is 20.0 Å². The summed E-state index contributed by atoms with van der Waals surface area (Å²) in [6.45, 7) is 1.83. The maximum atomic E-state index is 10.7. The number of ether oxygens (including phenoxy) is 2. The molecule has 78 valence electrons. The molecule has 0 unspecified atom stereocenters. The highest BCUT2D eigenvalue weighted by Gasteiger charge is 2.19. The van der Waals surface area contributed by atoms with E-state index in [0.717, 1.165) is 16.7 Å². The third-order valence-electron chi connectivity index (χ3n) is 2.02. The van der Waals surface area contributed by atoms with Crippen LogP contribution in [0, 0.1) is 6.92 Å². The van der Waals surface area contributed by atoms with Gasteiger partial charge in [-0.2, -0.15) is 0 Å². The van der Waals surface area contributed by atoms with Crippen LogP contribution < -0.4 is 5.73 Å². The maximum absolute atomic E-state index is 10.7. The number of rotatable bonds is 4. The lowest BCUT2D eigenvalue weighted by Gasteiger charge is -2.12. The number of nitrogens with two attached hydrogens (primary N) is 1. The second kappa shape index (κ2) is 4.54. The zero-order chi connectivity index (χ0) is 10.7. The predicted molar refractivity (Wildman–Crippen MR) is 55.6 cm³/mol. The van der Waals surface area contributed by atoms with Gasteiger partial charge in [0.05, 0.1) is 15.4 Å². The average Bonchev–Trinajstić information content (AvgIpc) is 2.45. The Morgan fingerprint density at radius 3 is 2.36 bits per heavy atom. The summed E-state index contributed by atoms with van der Waals surface area (Å²) in [7, 11) is 3.09. The minimum atomic E-state index is -0.448. The van der Waals surface area contributed by atoms with Gasteiger partial charge in [0.25, 0.3) is 0 Å². The van der Waals surface area contributed by atoms with Crippen molar-refractivity contribution in [2.45, 2.75) is 13.2 Å². The Morgan fingerprint density at radius 2 is 2.00 bits per heavy atom. The quantitative estimate of drug-likeness (QED) is 0.614. The largest absolute Gasteiger partial charge is 0.390 e. The minimum absolute atomic E-state index is 0.448. The van der Waals surface area contributed by atoms with Crippen LogP contribution in [0.15, 0.2) is 0 Å². The molecule has 0 atom stereocenters. The summed E-state index contributed by atoms with van der Waals surface area (Å²) in [5.41, 5.74) is 7.04.